The quantitative estimate of drug-likeness (QED) is 0.425. The molecule has 27 heavy (non-hydrogen) atoms. The second kappa shape index (κ2) is 6.70. The molecule has 3 aromatic carbocycles. The van der Waals surface area contributed by atoms with Crippen molar-refractivity contribution in [1.82, 2.24) is 0 Å². The smallest absolute Gasteiger partial charge is 0.308 e. The van der Waals surface area contributed by atoms with E-state index in [-0.39, 0.29) is 11.9 Å². The van der Waals surface area contributed by atoms with Gasteiger partial charge >= 0.3 is 11.9 Å². The SMILES string of the molecule is CC(=O)Oc1ccc2c(c1)COc1c-2cc(Br)c2cc(OC(C)=O)ccc12. The fourth-order valence-electron chi connectivity index (χ4n) is 3.25. The zero-order valence-electron chi connectivity index (χ0n) is 14.7. The van der Waals surface area contributed by atoms with Gasteiger partial charge in [0.1, 0.15) is 23.9 Å². The molecule has 1 heterocycles. The molecule has 3 aromatic rings. The molecule has 0 aromatic heterocycles. The Morgan fingerprint density at radius 1 is 0.889 bits per heavy atom. The molecule has 0 saturated heterocycles. The molecule has 0 amide bonds. The molecule has 0 fully saturated rings. The van der Waals surface area contributed by atoms with Crippen LogP contribution in [0.2, 0.25) is 0 Å². The highest BCUT2D eigenvalue weighted by molar-refractivity contribution is 9.10. The minimum Gasteiger partial charge on any atom is -0.488 e. The Labute approximate surface area is 164 Å². The highest BCUT2D eigenvalue weighted by Gasteiger charge is 2.22. The first kappa shape index (κ1) is 17.5. The lowest BCUT2D eigenvalue weighted by molar-refractivity contribution is -0.132. The predicted molar refractivity (Wildman–Crippen MR) is 104 cm³/mol. The van der Waals surface area contributed by atoms with Crippen molar-refractivity contribution in [3.63, 3.8) is 0 Å². The summed E-state index contributed by atoms with van der Waals surface area (Å²) < 4.78 is 17.2. The topological polar surface area (TPSA) is 61.8 Å². The minimum absolute atomic E-state index is 0.357. The summed E-state index contributed by atoms with van der Waals surface area (Å²) in [5.74, 6) is 1.04. The van der Waals surface area contributed by atoms with Gasteiger partial charge < -0.3 is 14.2 Å². The van der Waals surface area contributed by atoms with Crippen LogP contribution >= 0.6 is 15.9 Å². The van der Waals surface area contributed by atoms with Crippen LogP contribution in [0.25, 0.3) is 21.9 Å². The van der Waals surface area contributed by atoms with E-state index < -0.39 is 0 Å². The van der Waals surface area contributed by atoms with Crippen molar-refractivity contribution < 1.29 is 23.8 Å². The normalized spacial score (nSPS) is 12.0. The van der Waals surface area contributed by atoms with E-state index in [0.717, 1.165) is 37.7 Å². The first-order valence-electron chi connectivity index (χ1n) is 8.31. The maximum Gasteiger partial charge on any atom is 0.308 e. The van der Waals surface area contributed by atoms with Crippen LogP contribution in [0.4, 0.5) is 0 Å². The van der Waals surface area contributed by atoms with Crippen molar-refractivity contribution in [2.24, 2.45) is 0 Å². The van der Waals surface area contributed by atoms with Crippen molar-refractivity contribution in [2.45, 2.75) is 20.5 Å². The highest BCUT2D eigenvalue weighted by Crippen LogP contribution is 2.46. The first-order chi connectivity index (χ1) is 12.9. The highest BCUT2D eigenvalue weighted by atomic mass is 79.9. The fraction of sp³-hybridized carbons (Fsp3) is 0.143. The molecule has 0 N–H and O–H groups in total. The Balaban J connectivity index is 1.84. The van der Waals surface area contributed by atoms with Crippen molar-refractivity contribution >= 4 is 38.6 Å². The molecule has 0 unspecified atom stereocenters. The van der Waals surface area contributed by atoms with Gasteiger partial charge in [-0.25, -0.2) is 0 Å². The van der Waals surface area contributed by atoms with Gasteiger partial charge in [0.05, 0.1) is 0 Å². The van der Waals surface area contributed by atoms with Gasteiger partial charge in [0.15, 0.2) is 0 Å². The van der Waals surface area contributed by atoms with E-state index in [2.05, 4.69) is 15.9 Å². The number of ether oxygens (including phenoxy) is 3. The molecule has 136 valence electrons. The van der Waals surface area contributed by atoms with Crippen LogP contribution in [0.15, 0.2) is 46.9 Å². The summed E-state index contributed by atoms with van der Waals surface area (Å²) in [5, 5.41) is 1.82. The summed E-state index contributed by atoms with van der Waals surface area (Å²) in [6.07, 6.45) is 0. The molecular formula is C21H15BrO5. The largest absolute Gasteiger partial charge is 0.488 e. The standard InChI is InChI=1S/C21H15BrO5/c1-11(23)26-14-3-5-16-13(7-14)10-25-21-17-6-4-15(27-12(2)24)8-18(17)20(22)9-19(16)21/h3-9H,10H2,1-2H3. The van der Waals surface area contributed by atoms with Crippen molar-refractivity contribution in [2.75, 3.05) is 0 Å². The zero-order valence-corrected chi connectivity index (χ0v) is 16.3. The Morgan fingerprint density at radius 3 is 2.26 bits per heavy atom. The number of fused-ring (bicyclic) bond motifs is 5. The third-order valence-electron chi connectivity index (χ3n) is 4.27. The van der Waals surface area contributed by atoms with Gasteiger partial charge in [-0.3, -0.25) is 9.59 Å². The lowest BCUT2D eigenvalue weighted by Gasteiger charge is -2.23. The molecule has 0 spiro atoms. The molecule has 1 aliphatic heterocycles. The van der Waals surface area contributed by atoms with E-state index in [1.807, 2.05) is 30.3 Å². The number of carbonyl (C=O) groups is 2. The monoisotopic (exact) mass is 426 g/mol. The van der Waals surface area contributed by atoms with Crippen LogP contribution in [-0.4, -0.2) is 11.9 Å². The molecule has 5 nitrogen and oxygen atoms in total. The fourth-order valence-corrected chi connectivity index (χ4v) is 3.81. The lowest BCUT2D eigenvalue weighted by atomic mass is 9.94. The number of hydrogen-bond acceptors (Lipinski definition) is 5. The Kier molecular flexibility index (Phi) is 4.36. The average molecular weight is 427 g/mol. The van der Waals surface area contributed by atoms with Crippen LogP contribution in [-0.2, 0) is 16.2 Å². The van der Waals surface area contributed by atoms with Crippen molar-refractivity contribution in [3.8, 4) is 28.4 Å². The van der Waals surface area contributed by atoms with Gasteiger partial charge in [-0.2, -0.15) is 0 Å². The van der Waals surface area contributed by atoms with Gasteiger partial charge in [-0.1, -0.05) is 22.0 Å². The summed E-state index contributed by atoms with van der Waals surface area (Å²) in [6.45, 7) is 3.12. The maximum absolute atomic E-state index is 11.2. The lowest BCUT2D eigenvalue weighted by Crippen LogP contribution is -2.08. The van der Waals surface area contributed by atoms with Crippen molar-refractivity contribution in [3.05, 3.63) is 52.5 Å². The third kappa shape index (κ3) is 3.28. The maximum atomic E-state index is 11.2. The van der Waals surface area contributed by atoms with E-state index in [0.29, 0.717) is 18.1 Å². The van der Waals surface area contributed by atoms with E-state index in [1.54, 1.807) is 12.1 Å². The van der Waals surface area contributed by atoms with E-state index in [4.69, 9.17) is 14.2 Å². The zero-order chi connectivity index (χ0) is 19.1. The number of hydrogen-bond donors (Lipinski definition) is 0. The summed E-state index contributed by atoms with van der Waals surface area (Å²) in [5.41, 5.74) is 2.92. The second-order valence-corrected chi connectivity index (χ2v) is 7.09. The molecule has 4 rings (SSSR count). The third-order valence-corrected chi connectivity index (χ3v) is 4.93. The predicted octanol–water partition coefficient (Wildman–Crippen LogP) is 5.01. The Bertz CT molecular complexity index is 1100. The molecule has 0 bridgehead atoms. The molecule has 0 radical (unpaired) electrons. The van der Waals surface area contributed by atoms with Crippen LogP contribution in [0, 0.1) is 0 Å². The molecule has 0 atom stereocenters. The number of rotatable bonds is 2. The van der Waals surface area contributed by atoms with E-state index in [1.165, 1.54) is 13.8 Å². The number of esters is 2. The van der Waals surface area contributed by atoms with Crippen LogP contribution in [0.5, 0.6) is 17.2 Å². The molecule has 6 heteroatoms. The van der Waals surface area contributed by atoms with Gasteiger partial charge in [0, 0.05) is 40.2 Å². The Hall–Kier alpha value is -2.86. The van der Waals surface area contributed by atoms with E-state index in [9.17, 15) is 9.59 Å². The van der Waals surface area contributed by atoms with Crippen LogP contribution in [0.1, 0.15) is 19.4 Å². The summed E-state index contributed by atoms with van der Waals surface area (Å²) in [6, 6.07) is 13.0. The molecule has 1 aliphatic rings. The van der Waals surface area contributed by atoms with Gasteiger partial charge in [0.2, 0.25) is 0 Å². The summed E-state index contributed by atoms with van der Waals surface area (Å²) >= 11 is 3.61. The van der Waals surface area contributed by atoms with Gasteiger partial charge in [-0.15, -0.1) is 0 Å². The summed E-state index contributed by atoms with van der Waals surface area (Å²) in [7, 11) is 0. The van der Waals surface area contributed by atoms with Crippen LogP contribution < -0.4 is 14.2 Å². The molecule has 0 aliphatic carbocycles. The number of carbonyl (C=O) groups excluding carboxylic acids is 2. The minimum atomic E-state index is -0.364. The average Bonchev–Trinajstić information content (AvgIpc) is 2.60. The number of halogens is 1. The molecular weight excluding hydrogens is 412 g/mol. The number of benzene rings is 3. The second-order valence-electron chi connectivity index (χ2n) is 6.24. The summed E-state index contributed by atoms with van der Waals surface area (Å²) in [4.78, 5) is 22.4. The Morgan fingerprint density at radius 2 is 1.56 bits per heavy atom. The van der Waals surface area contributed by atoms with Gasteiger partial charge in [0.25, 0.3) is 0 Å². The van der Waals surface area contributed by atoms with Crippen LogP contribution in [0.3, 0.4) is 0 Å². The van der Waals surface area contributed by atoms with Gasteiger partial charge in [-0.05, 0) is 42.0 Å². The molecule has 0 saturated carbocycles. The first-order valence-corrected chi connectivity index (χ1v) is 9.11. The van der Waals surface area contributed by atoms with E-state index >= 15 is 0 Å². The van der Waals surface area contributed by atoms with Crippen molar-refractivity contribution in [1.29, 1.82) is 0 Å².